The van der Waals surface area contributed by atoms with E-state index in [1.165, 1.54) is 42.5 Å². The molecule has 0 saturated heterocycles. The van der Waals surface area contributed by atoms with Crippen molar-refractivity contribution in [2.75, 3.05) is 0 Å². The van der Waals surface area contributed by atoms with Crippen molar-refractivity contribution < 1.29 is 28.2 Å². The lowest BCUT2D eigenvalue weighted by molar-refractivity contribution is -0.132. The van der Waals surface area contributed by atoms with E-state index in [2.05, 4.69) is 5.32 Å². The first-order valence-electron chi connectivity index (χ1n) is 8.47. The van der Waals surface area contributed by atoms with Crippen LogP contribution in [0, 0.1) is 11.6 Å². The lowest BCUT2D eigenvalue weighted by atomic mass is 10.1. The molecule has 5 nitrogen and oxygen atoms in total. The topological polar surface area (TPSA) is 75.6 Å². The van der Waals surface area contributed by atoms with Gasteiger partial charge < -0.3 is 15.2 Å². The van der Waals surface area contributed by atoms with Crippen molar-refractivity contribution in [1.29, 1.82) is 0 Å². The van der Waals surface area contributed by atoms with Crippen molar-refractivity contribution in [2.45, 2.75) is 0 Å². The highest BCUT2D eigenvalue weighted by molar-refractivity contribution is 6.02. The third-order valence-electron chi connectivity index (χ3n) is 3.85. The molecule has 7 heteroatoms. The van der Waals surface area contributed by atoms with E-state index in [1.54, 1.807) is 30.3 Å². The van der Waals surface area contributed by atoms with Gasteiger partial charge in [-0.2, -0.15) is 4.39 Å². The summed E-state index contributed by atoms with van der Waals surface area (Å²) in [4.78, 5) is 23.6. The van der Waals surface area contributed by atoms with Crippen LogP contribution >= 0.6 is 0 Å². The predicted octanol–water partition coefficient (Wildman–Crippen LogP) is 4.61. The van der Waals surface area contributed by atoms with Crippen LogP contribution in [0.15, 0.2) is 78.5 Å². The third-order valence-corrected chi connectivity index (χ3v) is 3.85. The van der Waals surface area contributed by atoms with Crippen molar-refractivity contribution in [2.24, 2.45) is 0 Å². The summed E-state index contributed by atoms with van der Waals surface area (Å²) in [7, 11) is 0. The highest BCUT2D eigenvalue weighted by Gasteiger charge is 2.13. The highest BCUT2D eigenvalue weighted by Crippen LogP contribution is 2.26. The van der Waals surface area contributed by atoms with Gasteiger partial charge in [-0.3, -0.25) is 4.79 Å². The Morgan fingerprint density at radius 1 is 0.897 bits per heavy atom. The molecule has 0 radical (unpaired) electrons. The third kappa shape index (κ3) is 5.04. The number of carboxylic acids is 1. The lowest BCUT2D eigenvalue weighted by Gasteiger charge is -2.08. The largest absolute Gasteiger partial charge is 0.477 e. The minimum atomic E-state index is -1.31. The smallest absolute Gasteiger partial charge is 0.352 e. The maximum Gasteiger partial charge on any atom is 0.352 e. The van der Waals surface area contributed by atoms with E-state index in [1.807, 2.05) is 0 Å². The van der Waals surface area contributed by atoms with Gasteiger partial charge >= 0.3 is 5.97 Å². The molecule has 0 aliphatic rings. The summed E-state index contributed by atoms with van der Waals surface area (Å²) < 4.78 is 32.2. The molecule has 3 aromatic carbocycles. The quantitative estimate of drug-likeness (QED) is 0.598. The van der Waals surface area contributed by atoms with E-state index in [4.69, 9.17) is 4.74 Å². The summed E-state index contributed by atoms with van der Waals surface area (Å²) in [6.45, 7) is 0. The van der Waals surface area contributed by atoms with Crippen molar-refractivity contribution in [1.82, 2.24) is 5.32 Å². The van der Waals surface area contributed by atoms with Gasteiger partial charge in [0.15, 0.2) is 11.6 Å². The van der Waals surface area contributed by atoms with Gasteiger partial charge in [-0.05, 0) is 48.0 Å². The second-order valence-electron chi connectivity index (χ2n) is 5.91. The Labute approximate surface area is 164 Å². The van der Waals surface area contributed by atoms with Gasteiger partial charge in [0.05, 0.1) is 0 Å². The maximum atomic E-state index is 13.7. The number of rotatable bonds is 6. The van der Waals surface area contributed by atoms with Gasteiger partial charge in [-0.1, -0.05) is 36.4 Å². The summed E-state index contributed by atoms with van der Waals surface area (Å²) in [5.74, 6) is -4.03. The Morgan fingerprint density at radius 2 is 1.59 bits per heavy atom. The number of amides is 1. The van der Waals surface area contributed by atoms with Crippen molar-refractivity contribution >= 4 is 18.0 Å². The zero-order valence-electron chi connectivity index (χ0n) is 14.9. The first-order valence-corrected chi connectivity index (χ1v) is 8.47. The Kier molecular flexibility index (Phi) is 5.99. The number of ether oxygens (including phenoxy) is 1. The summed E-state index contributed by atoms with van der Waals surface area (Å²) in [5.41, 5.74) is 0.465. The van der Waals surface area contributed by atoms with Crippen molar-refractivity contribution in [3.05, 3.63) is 101 Å². The van der Waals surface area contributed by atoms with Crippen molar-refractivity contribution in [3.63, 3.8) is 0 Å². The number of nitrogens with one attached hydrogen (secondary N) is 1. The molecule has 29 heavy (non-hydrogen) atoms. The van der Waals surface area contributed by atoms with Gasteiger partial charge in [0.25, 0.3) is 5.91 Å². The second kappa shape index (κ2) is 8.79. The molecule has 3 rings (SSSR count). The molecular weight excluding hydrogens is 380 g/mol. The van der Waals surface area contributed by atoms with Gasteiger partial charge in [0.1, 0.15) is 11.4 Å². The van der Waals surface area contributed by atoms with Crippen molar-refractivity contribution in [3.8, 4) is 11.5 Å². The number of carbonyl (C=O) groups is 2. The van der Waals surface area contributed by atoms with Crippen LogP contribution in [0.1, 0.15) is 15.9 Å². The van der Waals surface area contributed by atoms with Crippen LogP contribution in [-0.2, 0) is 4.79 Å². The van der Waals surface area contributed by atoms with Gasteiger partial charge in [0, 0.05) is 5.56 Å². The summed E-state index contributed by atoms with van der Waals surface area (Å²) in [6.07, 6.45) is 1.27. The van der Waals surface area contributed by atoms with E-state index < -0.39 is 23.5 Å². The van der Waals surface area contributed by atoms with Crippen LogP contribution in [0.2, 0.25) is 0 Å². The van der Waals surface area contributed by atoms with Gasteiger partial charge in [-0.25, -0.2) is 9.18 Å². The van der Waals surface area contributed by atoms with Gasteiger partial charge in [-0.15, -0.1) is 0 Å². The molecular formula is C22H15F2NO4. The molecule has 0 unspecified atom stereocenters. The zero-order valence-corrected chi connectivity index (χ0v) is 14.9. The summed E-state index contributed by atoms with van der Waals surface area (Å²) in [5, 5.41) is 11.7. The average Bonchev–Trinajstić information content (AvgIpc) is 2.72. The van der Waals surface area contributed by atoms with E-state index in [0.717, 1.165) is 6.07 Å². The maximum absolute atomic E-state index is 13.7. The minimum absolute atomic E-state index is 0.233. The number of hydrogen-bond acceptors (Lipinski definition) is 3. The van der Waals surface area contributed by atoms with Crippen LogP contribution in [0.3, 0.4) is 0 Å². The molecule has 3 aromatic rings. The first kappa shape index (κ1) is 19.8. The lowest BCUT2D eigenvalue weighted by Crippen LogP contribution is -2.27. The first-order chi connectivity index (χ1) is 13.9. The van der Waals surface area contributed by atoms with Crippen LogP contribution in [0.25, 0.3) is 6.08 Å². The van der Waals surface area contributed by atoms with E-state index in [0.29, 0.717) is 11.1 Å². The monoisotopic (exact) mass is 395 g/mol. The number of halogens is 2. The predicted molar refractivity (Wildman–Crippen MR) is 102 cm³/mol. The normalized spacial score (nSPS) is 11.0. The number of benzene rings is 3. The fourth-order valence-electron chi connectivity index (χ4n) is 2.42. The Morgan fingerprint density at radius 3 is 2.24 bits per heavy atom. The van der Waals surface area contributed by atoms with E-state index in [-0.39, 0.29) is 17.2 Å². The van der Waals surface area contributed by atoms with E-state index in [9.17, 15) is 23.5 Å². The molecule has 0 atom stereocenters. The molecule has 2 N–H and O–H groups in total. The SMILES string of the molecule is O=C(O)/C(=C\c1ccc(Oc2cccc(F)c2F)cc1)NC(=O)c1ccccc1. The minimum Gasteiger partial charge on any atom is -0.477 e. The molecule has 0 aliphatic heterocycles. The number of carboxylic acid groups (broad SMARTS) is 1. The molecule has 0 bridgehead atoms. The molecule has 0 fully saturated rings. The summed E-state index contributed by atoms with van der Waals surface area (Å²) >= 11 is 0. The summed E-state index contributed by atoms with van der Waals surface area (Å²) in [6, 6.07) is 17.7. The van der Waals surface area contributed by atoms with Gasteiger partial charge in [0.2, 0.25) is 5.82 Å². The Bertz CT molecular complexity index is 1060. The van der Waals surface area contributed by atoms with Crippen LogP contribution < -0.4 is 10.1 Å². The number of hydrogen-bond donors (Lipinski definition) is 2. The molecule has 0 aliphatic carbocycles. The molecule has 0 aromatic heterocycles. The fourth-order valence-corrected chi connectivity index (χ4v) is 2.42. The number of aliphatic carboxylic acids is 1. The van der Waals surface area contributed by atoms with Crippen LogP contribution in [0.4, 0.5) is 8.78 Å². The molecule has 0 spiro atoms. The van der Waals surface area contributed by atoms with Crippen LogP contribution in [-0.4, -0.2) is 17.0 Å². The zero-order chi connectivity index (χ0) is 20.8. The molecule has 1 amide bonds. The Hall–Kier alpha value is -4.00. The van der Waals surface area contributed by atoms with Crippen LogP contribution in [0.5, 0.6) is 11.5 Å². The van der Waals surface area contributed by atoms with E-state index >= 15 is 0 Å². The fraction of sp³-hybridized carbons (Fsp3) is 0. The average molecular weight is 395 g/mol. The standard InChI is InChI=1S/C22H15F2NO4/c23-17-7-4-8-19(20(17)24)29-16-11-9-14(10-12-16)13-18(22(27)28)25-21(26)15-5-2-1-3-6-15/h1-13H,(H,25,26)(H,27,28)/b18-13+. The highest BCUT2D eigenvalue weighted by atomic mass is 19.2. The second-order valence-corrected chi connectivity index (χ2v) is 5.91. The molecule has 0 saturated carbocycles. The molecule has 146 valence electrons. The Balaban J connectivity index is 1.76. The number of carbonyl (C=O) groups excluding carboxylic acids is 1. The molecule has 0 heterocycles.